The van der Waals surface area contributed by atoms with E-state index in [1.54, 1.807) is 0 Å². The molecular formula is C17H26N2. The second-order valence-corrected chi connectivity index (χ2v) is 5.88. The van der Waals surface area contributed by atoms with Crippen LogP contribution in [0.4, 0.5) is 0 Å². The Morgan fingerprint density at radius 1 is 1.16 bits per heavy atom. The molecule has 104 valence electrons. The number of aryl methyl sites for hydroxylation is 1. The molecule has 1 aromatic carbocycles. The van der Waals surface area contributed by atoms with Crippen LogP contribution in [0.25, 0.3) is 10.9 Å². The summed E-state index contributed by atoms with van der Waals surface area (Å²) in [6.07, 6.45) is 4.46. The van der Waals surface area contributed by atoms with Crippen molar-refractivity contribution in [3.05, 3.63) is 36.0 Å². The number of hydrogen-bond donors (Lipinski definition) is 1. The monoisotopic (exact) mass is 258 g/mol. The Morgan fingerprint density at radius 2 is 1.95 bits per heavy atom. The minimum Gasteiger partial charge on any atom is -0.346 e. The predicted octanol–water partition coefficient (Wildman–Crippen LogP) is 3.98. The summed E-state index contributed by atoms with van der Waals surface area (Å²) in [5, 5.41) is 4.98. The molecule has 2 nitrogen and oxygen atoms in total. The van der Waals surface area contributed by atoms with E-state index in [2.05, 4.69) is 68.0 Å². The van der Waals surface area contributed by atoms with Gasteiger partial charge >= 0.3 is 0 Å². The number of hydrogen-bond acceptors (Lipinski definition) is 1. The van der Waals surface area contributed by atoms with E-state index < -0.39 is 0 Å². The van der Waals surface area contributed by atoms with Crippen molar-refractivity contribution in [3.63, 3.8) is 0 Å². The van der Waals surface area contributed by atoms with Gasteiger partial charge in [-0.25, -0.2) is 0 Å². The number of benzene rings is 1. The fourth-order valence-electron chi connectivity index (χ4n) is 2.45. The molecule has 0 saturated heterocycles. The molecule has 0 unspecified atom stereocenters. The molecule has 0 spiro atoms. The zero-order valence-corrected chi connectivity index (χ0v) is 12.7. The summed E-state index contributed by atoms with van der Waals surface area (Å²) in [7, 11) is 0. The largest absolute Gasteiger partial charge is 0.346 e. The maximum absolute atomic E-state index is 3.63. The van der Waals surface area contributed by atoms with E-state index in [1.807, 2.05) is 0 Å². The van der Waals surface area contributed by atoms with Gasteiger partial charge in [0.15, 0.2) is 0 Å². The fraction of sp³-hybridized carbons (Fsp3) is 0.529. The first-order valence-electron chi connectivity index (χ1n) is 7.39. The second-order valence-electron chi connectivity index (χ2n) is 5.88. The predicted molar refractivity (Wildman–Crippen MR) is 83.7 cm³/mol. The van der Waals surface area contributed by atoms with Gasteiger partial charge in [0.2, 0.25) is 0 Å². The molecule has 0 fully saturated rings. The minimum atomic E-state index is 0.233. The minimum absolute atomic E-state index is 0.233. The van der Waals surface area contributed by atoms with Crippen LogP contribution in [-0.2, 0) is 13.0 Å². The molecule has 1 N–H and O–H groups in total. The number of aromatic nitrogens is 1. The van der Waals surface area contributed by atoms with Gasteiger partial charge in [0.25, 0.3) is 0 Å². The third-order valence-corrected chi connectivity index (χ3v) is 4.09. The molecule has 0 amide bonds. The Kier molecular flexibility index (Phi) is 4.31. The topological polar surface area (TPSA) is 17.0 Å². The van der Waals surface area contributed by atoms with Gasteiger partial charge in [-0.2, -0.15) is 0 Å². The van der Waals surface area contributed by atoms with E-state index in [4.69, 9.17) is 0 Å². The van der Waals surface area contributed by atoms with E-state index in [0.29, 0.717) is 0 Å². The Labute approximate surface area is 116 Å². The summed E-state index contributed by atoms with van der Waals surface area (Å²) < 4.78 is 2.38. The first-order chi connectivity index (χ1) is 9.07. The Balaban J connectivity index is 2.13. The lowest BCUT2D eigenvalue weighted by atomic mass is 10.0. The number of para-hydroxylation sites is 1. The Hall–Kier alpha value is -1.28. The van der Waals surface area contributed by atoms with Crippen LogP contribution in [-0.4, -0.2) is 16.7 Å². The van der Waals surface area contributed by atoms with Crippen LogP contribution < -0.4 is 5.32 Å². The summed E-state index contributed by atoms with van der Waals surface area (Å²) >= 11 is 0. The summed E-state index contributed by atoms with van der Waals surface area (Å²) in [5.74, 6) is 0. The van der Waals surface area contributed by atoms with Crippen molar-refractivity contribution in [1.82, 2.24) is 9.88 Å². The van der Waals surface area contributed by atoms with Crippen LogP contribution >= 0.6 is 0 Å². The highest BCUT2D eigenvalue weighted by Crippen LogP contribution is 2.20. The maximum atomic E-state index is 3.63. The third-order valence-electron chi connectivity index (χ3n) is 4.09. The van der Waals surface area contributed by atoms with E-state index >= 15 is 0 Å². The maximum Gasteiger partial charge on any atom is 0.0513 e. The molecule has 0 aliphatic rings. The van der Waals surface area contributed by atoms with Gasteiger partial charge < -0.3 is 9.88 Å². The second kappa shape index (κ2) is 5.79. The fourth-order valence-corrected chi connectivity index (χ4v) is 2.45. The van der Waals surface area contributed by atoms with Crippen molar-refractivity contribution >= 4 is 10.9 Å². The van der Waals surface area contributed by atoms with Crippen LogP contribution in [0, 0.1) is 0 Å². The first-order valence-corrected chi connectivity index (χ1v) is 7.39. The first kappa shape index (κ1) is 14.1. The average molecular weight is 258 g/mol. The van der Waals surface area contributed by atoms with Crippen LogP contribution in [0.2, 0.25) is 0 Å². The van der Waals surface area contributed by atoms with Crippen molar-refractivity contribution in [2.45, 2.75) is 52.6 Å². The number of nitrogens with zero attached hydrogens (tertiary/aromatic N) is 1. The summed E-state index contributed by atoms with van der Waals surface area (Å²) in [6, 6.07) is 8.82. The summed E-state index contributed by atoms with van der Waals surface area (Å²) in [4.78, 5) is 0. The van der Waals surface area contributed by atoms with Crippen molar-refractivity contribution in [2.75, 3.05) is 6.54 Å². The van der Waals surface area contributed by atoms with Crippen LogP contribution in [0.5, 0.6) is 0 Å². The lowest BCUT2D eigenvalue weighted by Gasteiger charge is -2.24. The quantitative estimate of drug-likeness (QED) is 0.829. The van der Waals surface area contributed by atoms with E-state index in [0.717, 1.165) is 25.9 Å². The molecule has 2 heteroatoms. The summed E-state index contributed by atoms with van der Waals surface area (Å²) in [5.41, 5.74) is 3.08. The molecule has 0 aliphatic carbocycles. The number of fused-ring (bicyclic) bond motifs is 1. The molecule has 1 aromatic heterocycles. The number of nitrogens with one attached hydrogen (secondary N) is 1. The van der Waals surface area contributed by atoms with E-state index in [-0.39, 0.29) is 5.54 Å². The molecule has 0 bridgehead atoms. The number of rotatable bonds is 6. The van der Waals surface area contributed by atoms with Crippen LogP contribution in [0.15, 0.2) is 30.5 Å². The molecule has 19 heavy (non-hydrogen) atoms. The standard InChI is InChI=1S/C17H26N2/c1-5-14-8-7-9-15-10-12-19(16(14)15)13-11-18-17(3,4)6-2/h7-10,12,18H,5-6,11,13H2,1-4H3. The highest BCUT2D eigenvalue weighted by Gasteiger charge is 2.13. The zero-order chi connectivity index (χ0) is 13.9. The van der Waals surface area contributed by atoms with Crippen molar-refractivity contribution in [1.29, 1.82) is 0 Å². The van der Waals surface area contributed by atoms with E-state index in [1.165, 1.54) is 16.5 Å². The SMILES string of the molecule is CCc1cccc2ccn(CCNC(C)(C)CC)c12. The molecule has 0 aliphatic heterocycles. The van der Waals surface area contributed by atoms with E-state index in [9.17, 15) is 0 Å². The van der Waals surface area contributed by atoms with Crippen LogP contribution in [0.3, 0.4) is 0 Å². The Bertz CT molecular complexity index is 537. The smallest absolute Gasteiger partial charge is 0.0513 e. The Morgan fingerprint density at radius 3 is 2.63 bits per heavy atom. The molecular weight excluding hydrogens is 232 g/mol. The molecule has 2 rings (SSSR count). The molecule has 0 atom stereocenters. The molecule has 0 radical (unpaired) electrons. The molecule has 0 saturated carbocycles. The van der Waals surface area contributed by atoms with Gasteiger partial charge in [-0.1, -0.05) is 32.0 Å². The zero-order valence-electron chi connectivity index (χ0n) is 12.7. The molecule has 1 heterocycles. The van der Waals surface area contributed by atoms with Gasteiger partial charge in [-0.3, -0.25) is 0 Å². The van der Waals surface area contributed by atoms with Crippen molar-refractivity contribution < 1.29 is 0 Å². The van der Waals surface area contributed by atoms with Gasteiger partial charge in [0.05, 0.1) is 5.52 Å². The lowest BCUT2D eigenvalue weighted by Crippen LogP contribution is -2.40. The van der Waals surface area contributed by atoms with Crippen molar-refractivity contribution in [3.8, 4) is 0 Å². The van der Waals surface area contributed by atoms with Gasteiger partial charge in [0.1, 0.15) is 0 Å². The highest BCUT2D eigenvalue weighted by atomic mass is 15.0. The average Bonchev–Trinajstić information content (AvgIpc) is 2.82. The van der Waals surface area contributed by atoms with Crippen molar-refractivity contribution in [2.24, 2.45) is 0 Å². The van der Waals surface area contributed by atoms with Gasteiger partial charge in [-0.15, -0.1) is 0 Å². The highest BCUT2D eigenvalue weighted by molar-refractivity contribution is 5.83. The molecule has 2 aromatic rings. The van der Waals surface area contributed by atoms with Gasteiger partial charge in [-0.05, 0) is 43.7 Å². The third kappa shape index (κ3) is 3.19. The summed E-state index contributed by atoms with van der Waals surface area (Å²) in [6.45, 7) is 11.0. The van der Waals surface area contributed by atoms with Gasteiger partial charge in [0, 0.05) is 24.8 Å². The lowest BCUT2D eigenvalue weighted by molar-refractivity contribution is 0.369. The normalized spacial score (nSPS) is 12.2. The van der Waals surface area contributed by atoms with Crippen LogP contribution in [0.1, 0.15) is 39.7 Å².